The summed E-state index contributed by atoms with van der Waals surface area (Å²) in [5.74, 6) is 0.467. The van der Waals surface area contributed by atoms with Gasteiger partial charge in [-0.3, -0.25) is 4.79 Å². The minimum atomic E-state index is -0.0933. The highest BCUT2D eigenvalue weighted by Gasteiger charge is 2.21. The molecule has 25 heavy (non-hydrogen) atoms. The number of nitrogens with one attached hydrogen (secondary N) is 2. The van der Waals surface area contributed by atoms with Crippen molar-refractivity contribution in [3.63, 3.8) is 0 Å². The molecule has 1 aromatic carbocycles. The molecule has 0 radical (unpaired) electrons. The average Bonchev–Trinajstić information content (AvgIpc) is 3.05. The molecule has 0 fully saturated rings. The number of thiophene rings is 1. The molecule has 2 aromatic heterocycles. The van der Waals surface area contributed by atoms with Crippen LogP contribution in [0.5, 0.6) is 0 Å². The van der Waals surface area contributed by atoms with Crippen molar-refractivity contribution in [1.82, 2.24) is 9.97 Å². The quantitative estimate of drug-likeness (QED) is 0.728. The smallest absolute Gasteiger partial charge is 0.228 e. The zero-order valence-electron chi connectivity index (χ0n) is 13.3. The van der Waals surface area contributed by atoms with Gasteiger partial charge in [0.15, 0.2) is 0 Å². The molecule has 3 aromatic rings. The normalized spacial score (nSPS) is 12.8. The van der Waals surface area contributed by atoms with Crippen LogP contribution in [0.25, 0.3) is 11.3 Å². The fourth-order valence-electron chi connectivity index (χ4n) is 2.80. The second-order valence-electron chi connectivity index (χ2n) is 5.74. The summed E-state index contributed by atoms with van der Waals surface area (Å²) in [7, 11) is 0. The van der Waals surface area contributed by atoms with Gasteiger partial charge in [-0.05, 0) is 36.1 Å². The lowest BCUT2D eigenvalue weighted by Crippen LogP contribution is -2.13. The summed E-state index contributed by atoms with van der Waals surface area (Å²) in [6.45, 7) is 0.754. The van der Waals surface area contributed by atoms with E-state index in [1.807, 2.05) is 12.1 Å². The Bertz CT molecular complexity index is 927. The molecule has 126 valence electrons. The first kappa shape index (κ1) is 16.1. The minimum Gasteiger partial charge on any atom is -0.354 e. The SMILES string of the molecule is O=C1Cc2cnc(NCCc3cccs3)nc2-c2ccc(Cl)cc2N1. The molecule has 4 rings (SSSR count). The maximum Gasteiger partial charge on any atom is 0.228 e. The van der Waals surface area contributed by atoms with Crippen LogP contribution in [0.4, 0.5) is 11.6 Å². The van der Waals surface area contributed by atoms with E-state index in [0.717, 1.165) is 29.8 Å². The molecule has 3 heterocycles. The lowest BCUT2D eigenvalue weighted by atomic mass is 10.1. The fourth-order valence-corrected chi connectivity index (χ4v) is 3.68. The highest BCUT2D eigenvalue weighted by atomic mass is 35.5. The van der Waals surface area contributed by atoms with E-state index >= 15 is 0 Å². The summed E-state index contributed by atoms with van der Waals surface area (Å²) in [5, 5.41) is 8.79. The summed E-state index contributed by atoms with van der Waals surface area (Å²) in [6.07, 6.45) is 2.89. The van der Waals surface area contributed by atoms with Crippen LogP contribution in [0, 0.1) is 0 Å². The molecule has 0 bridgehead atoms. The van der Waals surface area contributed by atoms with Gasteiger partial charge in [0, 0.05) is 33.8 Å². The third kappa shape index (κ3) is 3.50. The molecular formula is C18H15ClN4OS. The van der Waals surface area contributed by atoms with E-state index in [1.165, 1.54) is 4.88 Å². The molecule has 0 aliphatic carbocycles. The Morgan fingerprint density at radius 1 is 1.32 bits per heavy atom. The number of halogens is 1. The molecule has 0 atom stereocenters. The first-order chi connectivity index (χ1) is 12.2. The summed E-state index contributed by atoms with van der Waals surface area (Å²) in [6, 6.07) is 9.58. The van der Waals surface area contributed by atoms with E-state index in [-0.39, 0.29) is 12.3 Å². The average molecular weight is 371 g/mol. The second kappa shape index (κ2) is 6.82. The van der Waals surface area contributed by atoms with Crippen molar-refractivity contribution in [3.8, 4) is 11.3 Å². The van der Waals surface area contributed by atoms with Crippen molar-refractivity contribution in [2.45, 2.75) is 12.8 Å². The monoisotopic (exact) mass is 370 g/mol. The Hall–Kier alpha value is -2.44. The zero-order chi connectivity index (χ0) is 17.2. The number of hydrogen-bond acceptors (Lipinski definition) is 5. The fraction of sp³-hybridized carbons (Fsp3) is 0.167. The Labute approximate surface area is 154 Å². The molecule has 2 N–H and O–H groups in total. The number of carbonyl (C=O) groups is 1. The maximum atomic E-state index is 12.1. The van der Waals surface area contributed by atoms with E-state index in [2.05, 4.69) is 32.0 Å². The van der Waals surface area contributed by atoms with Crippen LogP contribution in [0.15, 0.2) is 41.9 Å². The third-order valence-electron chi connectivity index (χ3n) is 3.96. The largest absolute Gasteiger partial charge is 0.354 e. The topological polar surface area (TPSA) is 66.9 Å². The molecule has 0 spiro atoms. The summed E-state index contributed by atoms with van der Waals surface area (Å²) in [4.78, 5) is 22.4. The Kier molecular flexibility index (Phi) is 4.38. The molecule has 0 saturated heterocycles. The van der Waals surface area contributed by atoms with E-state index in [1.54, 1.807) is 29.7 Å². The number of rotatable bonds is 4. The number of benzene rings is 1. The van der Waals surface area contributed by atoms with Crippen LogP contribution in [-0.4, -0.2) is 22.4 Å². The molecule has 1 amide bonds. The predicted molar refractivity (Wildman–Crippen MR) is 101 cm³/mol. The maximum absolute atomic E-state index is 12.1. The summed E-state index contributed by atoms with van der Waals surface area (Å²) in [5.41, 5.74) is 3.11. The van der Waals surface area contributed by atoms with Crippen LogP contribution in [0.3, 0.4) is 0 Å². The Morgan fingerprint density at radius 2 is 2.24 bits per heavy atom. The van der Waals surface area contributed by atoms with Crippen LogP contribution in [0.2, 0.25) is 5.02 Å². The predicted octanol–water partition coefficient (Wildman–Crippen LogP) is 4.01. The third-order valence-corrected chi connectivity index (χ3v) is 5.13. The molecule has 1 aliphatic rings. The highest BCUT2D eigenvalue weighted by Crippen LogP contribution is 2.34. The van der Waals surface area contributed by atoms with Gasteiger partial charge >= 0.3 is 0 Å². The van der Waals surface area contributed by atoms with Gasteiger partial charge in [-0.25, -0.2) is 9.97 Å². The molecule has 1 aliphatic heterocycles. The van der Waals surface area contributed by atoms with Crippen LogP contribution < -0.4 is 10.6 Å². The van der Waals surface area contributed by atoms with Crippen molar-refractivity contribution >= 4 is 40.5 Å². The van der Waals surface area contributed by atoms with Crippen molar-refractivity contribution in [3.05, 3.63) is 57.4 Å². The van der Waals surface area contributed by atoms with Crippen LogP contribution >= 0.6 is 22.9 Å². The van der Waals surface area contributed by atoms with Crippen molar-refractivity contribution in [2.24, 2.45) is 0 Å². The molecule has 0 saturated carbocycles. The van der Waals surface area contributed by atoms with Gasteiger partial charge in [-0.1, -0.05) is 17.7 Å². The number of aromatic nitrogens is 2. The number of hydrogen-bond donors (Lipinski definition) is 2. The van der Waals surface area contributed by atoms with E-state index in [0.29, 0.717) is 16.7 Å². The zero-order valence-corrected chi connectivity index (χ0v) is 14.8. The van der Waals surface area contributed by atoms with Crippen molar-refractivity contribution < 1.29 is 4.79 Å². The van der Waals surface area contributed by atoms with Gasteiger partial charge in [-0.2, -0.15) is 0 Å². The van der Waals surface area contributed by atoms with Crippen LogP contribution in [0.1, 0.15) is 10.4 Å². The van der Waals surface area contributed by atoms with E-state index in [9.17, 15) is 4.79 Å². The van der Waals surface area contributed by atoms with Crippen molar-refractivity contribution in [2.75, 3.05) is 17.2 Å². The van der Waals surface area contributed by atoms with Crippen LogP contribution in [-0.2, 0) is 17.6 Å². The van der Waals surface area contributed by atoms with Crippen molar-refractivity contribution in [1.29, 1.82) is 0 Å². The molecular weight excluding hydrogens is 356 g/mol. The second-order valence-corrected chi connectivity index (χ2v) is 7.21. The minimum absolute atomic E-state index is 0.0933. The summed E-state index contributed by atoms with van der Waals surface area (Å²) >= 11 is 7.79. The number of nitrogens with zero attached hydrogens (tertiary/aromatic N) is 2. The first-order valence-corrected chi connectivity index (χ1v) is 9.17. The highest BCUT2D eigenvalue weighted by molar-refractivity contribution is 7.09. The van der Waals surface area contributed by atoms with Gasteiger partial charge in [0.1, 0.15) is 0 Å². The number of carbonyl (C=O) groups excluding carboxylic acids is 1. The van der Waals surface area contributed by atoms with Gasteiger partial charge in [0.25, 0.3) is 0 Å². The molecule has 7 heteroatoms. The Morgan fingerprint density at radius 3 is 3.08 bits per heavy atom. The van der Waals surface area contributed by atoms with E-state index in [4.69, 9.17) is 11.6 Å². The molecule has 0 unspecified atom stereocenters. The number of amides is 1. The lowest BCUT2D eigenvalue weighted by Gasteiger charge is -2.10. The van der Waals surface area contributed by atoms with Gasteiger partial charge in [0.2, 0.25) is 11.9 Å². The van der Waals surface area contributed by atoms with Gasteiger partial charge in [0.05, 0.1) is 17.8 Å². The van der Waals surface area contributed by atoms with Gasteiger partial charge in [-0.15, -0.1) is 11.3 Å². The number of fused-ring (bicyclic) bond motifs is 3. The summed E-state index contributed by atoms with van der Waals surface area (Å²) < 4.78 is 0. The Balaban J connectivity index is 1.62. The number of anilines is 2. The van der Waals surface area contributed by atoms with Gasteiger partial charge < -0.3 is 10.6 Å². The van der Waals surface area contributed by atoms with E-state index < -0.39 is 0 Å². The standard InChI is InChI=1S/C18H15ClN4OS/c19-12-3-4-14-15(9-12)22-16(24)8-11-10-21-18(23-17(11)14)20-6-5-13-2-1-7-25-13/h1-4,7,9-10H,5-6,8H2,(H,22,24)(H,20,21,23). The lowest BCUT2D eigenvalue weighted by molar-refractivity contribution is -0.115. The molecule has 5 nitrogen and oxygen atoms in total. The first-order valence-electron chi connectivity index (χ1n) is 7.91.